The van der Waals surface area contributed by atoms with Gasteiger partial charge in [0.25, 0.3) is 0 Å². The Balaban J connectivity index is 2.31. The molecule has 6 heteroatoms. The third kappa shape index (κ3) is 4.04. The van der Waals surface area contributed by atoms with Crippen LogP contribution in [0.1, 0.15) is 26.1 Å². The fourth-order valence-corrected chi connectivity index (χ4v) is 2.08. The van der Waals surface area contributed by atoms with Gasteiger partial charge in [-0.1, -0.05) is 24.6 Å². The maximum Gasteiger partial charge on any atom is 0.165 e. The molecule has 112 valence electrons. The largest absolute Gasteiger partial charge is 0.370 e. The molecule has 1 aromatic carbocycles. The molecule has 1 aromatic heterocycles. The first-order valence-corrected chi connectivity index (χ1v) is 7.34. The number of nitrogens with one attached hydrogen (secondary N) is 2. The molecule has 0 radical (unpaired) electrons. The van der Waals surface area contributed by atoms with Gasteiger partial charge in [-0.15, -0.1) is 0 Å². The number of hydrogen-bond donors (Lipinski definition) is 2. The number of rotatable bonds is 6. The predicted octanol–water partition coefficient (Wildman–Crippen LogP) is 4.40. The smallest absolute Gasteiger partial charge is 0.165 e. The molecule has 0 aliphatic rings. The Morgan fingerprint density at radius 2 is 1.95 bits per heavy atom. The minimum absolute atomic E-state index is 0.0785. The van der Waals surface area contributed by atoms with Gasteiger partial charge in [0, 0.05) is 19.0 Å². The van der Waals surface area contributed by atoms with Crippen LogP contribution in [0.4, 0.5) is 21.7 Å². The number of halogens is 2. The molecule has 0 saturated carbocycles. The second-order valence-corrected chi connectivity index (χ2v) is 4.97. The molecule has 1 heterocycles. The highest BCUT2D eigenvalue weighted by Crippen LogP contribution is 2.25. The number of benzene rings is 1. The number of anilines is 3. The van der Waals surface area contributed by atoms with Gasteiger partial charge in [-0.05, 0) is 25.5 Å². The van der Waals surface area contributed by atoms with E-state index in [1.165, 1.54) is 6.07 Å². The first kappa shape index (κ1) is 15.5. The lowest BCUT2D eigenvalue weighted by molar-refractivity contribution is 0.632. The molecule has 0 spiro atoms. The van der Waals surface area contributed by atoms with Crippen LogP contribution in [0.15, 0.2) is 24.3 Å². The first-order valence-electron chi connectivity index (χ1n) is 6.97. The molecule has 2 aromatic rings. The van der Waals surface area contributed by atoms with E-state index in [1.807, 2.05) is 6.92 Å². The lowest BCUT2D eigenvalue weighted by Gasteiger charge is -2.11. The van der Waals surface area contributed by atoms with Crippen LogP contribution in [0.25, 0.3) is 0 Å². The summed E-state index contributed by atoms with van der Waals surface area (Å²) in [6.07, 6.45) is 1.71. The topological polar surface area (TPSA) is 49.8 Å². The standard InChI is InChI=1S/C15H18ClFN4/c1-3-6-12-20-13(18-4-2)9-14(21-12)19-11-8-5-7-10(16)15(11)17/h5,7-9H,3-4,6H2,1-2H3,(H2,18,19,20,21). The van der Waals surface area contributed by atoms with E-state index in [0.29, 0.717) is 11.5 Å². The fourth-order valence-electron chi connectivity index (χ4n) is 1.91. The molecule has 2 N–H and O–H groups in total. The lowest BCUT2D eigenvalue weighted by Crippen LogP contribution is -2.06. The summed E-state index contributed by atoms with van der Waals surface area (Å²) in [5.41, 5.74) is 0.297. The van der Waals surface area contributed by atoms with Gasteiger partial charge in [-0.25, -0.2) is 14.4 Å². The van der Waals surface area contributed by atoms with Crippen molar-refractivity contribution < 1.29 is 4.39 Å². The Kier molecular flexibility index (Phi) is 5.33. The summed E-state index contributed by atoms with van der Waals surface area (Å²) in [7, 11) is 0. The monoisotopic (exact) mass is 308 g/mol. The average Bonchev–Trinajstić information content (AvgIpc) is 2.44. The first-order chi connectivity index (χ1) is 10.1. The van der Waals surface area contributed by atoms with E-state index in [0.717, 1.165) is 31.0 Å². The number of nitrogens with zero attached hydrogens (tertiary/aromatic N) is 2. The summed E-state index contributed by atoms with van der Waals surface area (Å²) in [6.45, 7) is 4.81. The molecule has 0 aliphatic heterocycles. The van der Waals surface area contributed by atoms with Gasteiger partial charge in [0.05, 0.1) is 10.7 Å². The highest BCUT2D eigenvalue weighted by molar-refractivity contribution is 6.31. The zero-order valence-corrected chi connectivity index (χ0v) is 12.8. The number of aryl methyl sites for hydroxylation is 1. The van der Waals surface area contributed by atoms with Crippen molar-refractivity contribution in [2.75, 3.05) is 17.2 Å². The van der Waals surface area contributed by atoms with Crippen molar-refractivity contribution >= 4 is 28.9 Å². The van der Waals surface area contributed by atoms with Crippen LogP contribution >= 0.6 is 11.6 Å². The minimum atomic E-state index is -0.486. The molecule has 0 bridgehead atoms. The SMILES string of the molecule is CCCc1nc(NCC)cc(Nc2cccc(Cl)c2F)n1. The maximum absolute atomic E-state index is 13.9. The molecule has 0 saturated heterocycles. The zero-order chi connectivity index (χ0) is 15.2. The molecule has 0 atom stereocenters. The van der Waals surface area contributed by atoms with E-state index >= 15 is 0 Å². The van der Waals surface area contributed by atoms with Gasteiger partial charge in [0.1, 0.15) is 17.5 Å². The van der Waals surface area contributed by atoms with Gasteiger partial charge in [0.15, 0.2) is 5.82 Å². The summed E-state index contributed by atoms with van der Waals surface area (Å²) < 4.78 is 13.9. The Morgan fingerprint density at radius 1 is 1.19 bits per heavy atom. The van der Waals surface area contributed by atoms with E-state index < -0.39 is 5.82 Å². The van der Waals surface area contributed by atoms with E-state index in [1.54, 1.807) is 18.2 Å². The Labute approximate surface area is 128 Å². The summed E-state index contributed by atoms with van der Waals surface area (Å²) in [4.78, 5) is 8.81. The third-order valence-corrected chi connectivity index (χ3v) is 3.11. The Morgan fingerprint density at radius 3 is 2.67 bits per heavy atom. The van der Waals surface area contributed by atoms with Crippen molar-refractivity contribution in [3.05, 3.63) is 40.9 Å². The van der Waals surface area contributed by atoms with Gasteiger partial charge in [-0.3, -0.25) is 0 Å². The van der Waals surface area contributed by atoms with Crippen LogP contribution in [0, 0.1) is 5.82 Å². The van der Waals surface area contributed by atoms with Crippen LogP contribution in [0.2, 0.25) is 5.02 Å². The summed E-state index contributed by atoms with van der Waals surface area (Å²) in [6, 6.07) is 6.57. The molecule has 21 heavy (non-hydrogen) atoms. The van der Waals surface area contributed by atoms with E-state index in [2.05, 4.69) is 27.5 Å². The highest BCUT2D eigenvalue weighted by atomic mass is 35.5. The van der Waals surface area contributed by atoms with Gasteiger partial charge < -0.3 is 10.6 Å². The molecular weight excluding hydrogens is 291 g/mol. The molecular formula is C15H18ClFN4. The number of hydrogen-bond acceptors (Lipinski definition) is 4. The maximum atomic E-state index is 13.9. The lowest BCUT2D eigenvalue weighted by atomic mass is 10.3. The normalized spacial score (nSPS) is 10.5. The third-order valence-electron chi connectivity index (χ3n) is 2.82. The molecule has 0 aliphatic carbocycles. The molecule has 0 fully saturated rings. The molecule has 2 rings (SSSR count). The van der Waals surface area contributed by atoms with E-state index in [-0.39, 0.29) is 5.02 Å². The van der Waals surface area contributed by atoms with Gasteiger partial charge >= 0.3 is 0 Å². The number of aromatic nitrogens is 2. The molecule has 0 unspecified atom stereocenters. The summed E-state index contributed by atoms with van der Waals surface area (Å²) in [5.74, 6) is 1.51. The predicted molar refractivity (Wildman–Crippen MR) is 84.9 cm³/mol. The molecule has 4 nitrogen and oxygen atoms in total. The Hall–Kier alpha value is -1.88. The second-order valence-electron chi connectivity index (χ2n) is 4.56. The van der Waals surface area contributed by atoms with Gasteiger partial charge in [0.2, 0.25) is 0 Å². The van der Waals surface area contributed by atoms with Crippen molar-refractivity contribution in [2.45, 2.75) is 26.7 Å². The molecule has 0 amide bonds. The average molecular weight is 309 g/mol. The van der Waals surface area contributed by atoms with Crippen molar-refractivity contribution in [1.29, 1.82) is 0 Å². The zero-order valence-electron chi connectivity index (χ0n) is 12.1. The quantitative estimate of drug-likeness (QED) is 0.830. The Bertz CT molecular complexity index is 594. The van der Waals surface area contributed by atoms with Crippen LogP contribution in [-0.4, -0.2) is 16.5 Å². The van der Waals surface area contributed by atoms with Crippen LogP contribution in [-0.2, 0) is 6.42 Å². The highest BCUT2D eigenvalue weighted by Gasteiger charge is 2.09. The summed E-state index contributed by atoms with van der Waals surface area (Å²) >= 11 is 5.78. The van der Waals surface area contributed by atoms with E-state index in [4.69, 9.17) is 11.6 Å². The minimum Gasteiger partial charge on any atom is -0.370 e. The van der Waals surface area contributed by atoms with Crippen molar-refractivity contribution in [2.24, 2.45) is 0 Å². The second kappa shape index (κ2) is 7.22. The fraction of sp³-hybridized carbons (Fsp3) is 0.333. The van der Waals surface area contributed by atoms with Crippen LogP contribution < -0.4 is 10.6 Å². The van der Waals surface area contributed by atoms with Gasteiger partial charge in [-0.2, -0.15) is 0 Å². The van der Waals surface area contributed by atoms with Crippen LogP contribution in [0.3, 0.4) is 0 Å². The summed E-state index contributed by atoms with van der Waals surface area (Å²) in [5, 5.41) is 6.19. The van der Waals surface area contributed by atoms with E-state index in [9.17, 15) is 4.39 Å². The van der Waals surface area contributed by atoms with Crippen molar-refractivity contribution in [3.8, 4) is 0 Å². The van der Waals surface area contributed by atoms with Crippen LogP contribution in [0.5, 0.6) is 0 Å². The van der Waals surface area contributed by atoms with Crippen molar-refractivity contribution in [1.82, 2.24) is 9.97 Å². The van der Waals surface area contributed by atoms with Crippen molar-refractivity contribution in [3.63, 3.8) is 0 Å².